The summed E-state index contributed by atoms with van der Waals surface area (Å²) in [6, 6.07) is 10.2. The van der Waals surface area contributed by atoms with E-state index in [1.54, 1.807) is 0 Å². The van der Waals surface area contributed by atoms with E-state index in [1.807, 2.05) is 18.2 Å². The van der Waals surface area contributed by atoms with Gasteiger partial charge in [-0.25, -0.2) is 0 Å². The third-order valence-electron chi connectivity index (χ3n) is 3.02. The topological polar surface area (TPSA) is 29.3 Å². The van der Waals surface area contributed by atoms with Crippen LogP contribution in [0.3, 0.4) is 0 Å². The fourth-order valence-electron chi connectivity index (χ4n) is 2.08. The SMILES string of the molecule is NC(c1ccccc1)C(S)N1CCCC1. The molecule has 2 nitrogen and oxygen atoms in total. The summed E-state index contributed by atoms with van der Waals surface area (Å²) in [5, 5.41) is 0.148. The Hall–Kier alpha value is -0.510. The summed E-state index contributed by atoms with van der Waals surface area (Å²) in [4.78, 5) is 2.36. The number of nitrogens with two attached hydrogens (primary N) is 1. The molecule has 0 saturated carbocycles. The van der Waals surface area contributed by atoms with Crippen LogP contribution in [0.5, 0.6) is 0 Å². The van der Waals surface area contributed by atoms with Gasteiger partial charge in [-0.15, -0.1) is 0 Å². The van der Waals surface area contributed by atoms with Crippen molar-refractivity contribution in [1.29, 1.82) is 0 Å². The number of nitrogens with zero attached hydrogens (tertiary/aromatic N) is 1. The van der Waals surface area contributed by atoms with Crippen molar-refractivity contribution in [3.63, 3.8) is 0 Å². The molecule has 3 heteroatoms. The lowest BCUT2D eigenvalue weighted by Crippen LogP contribution is -2.37. The summed E-state index contributed by atoms with van der Waals surface area (Å²) < 4.78 is 0. The normalized spacial score (nSPS) is 21.5. The van der Waals surface area contributed by atoms with Crippen LogP contribution in [0.1, 0.15) is 24.4 Å². The molecule has 1 fully saturated rings. The van der Waals surface area contributed by atoms with Crippen LogP contribution < -0.4 is 5.73 Å². The second-order valence-corrected chi connectivity index (χ2v) is 4.62. The van der Waals surface area contributed by atoms with Crippen molar-refractivity contribution in [2.75, 3.05) is 13.1 Å². The Morgan fingerprint density at radius 1 is 1.13 bits per heavy atom. The van der Waals surface area contributed by atoms with Gasteiger partial charge in [-0.05, 0) is 31.5 Å². The number of rotatable bonds is 3. The Bertz CT molecular complexity index is 296. The molecule has 0 bridgehead atoms. The molecule has 1 heterocycles. The van der Waals surface area contributed by atoms with Crippen molar-refractivity contribution in [2.45, 2.75) is 24.3 Å². The van der Waals surface area contributed by atoms with Crippen LogP contribution in [0.25, 0.3) is 0 Å². The second-order valence-electron chi connectivity index (χ2n) is 4.09. The van der Waals surface area contributed by atoms with Crippen LogP contribution in [-0.4, -0.2) is 23.4 Å². The average molecular weight is 222 g/mol. The molecule has 2 rings (SSSR count). The second kappa shape index (κ2) is 5.01. The van der Waals surface area contributed by atoms with Crippen LogP contribution in [0, 0.1) is 0 Å². The van der Waals surface area contributed by atoms with Gasteiger partial charge in [-0.3, -0.25) is 4.90 Å². The van der Waals surface area contributed by atoms with Gasteiger partial charge in [0.2, 0.25) is 0 Å². The first-order valence-corrected chi connectivity index (χ1v) is 6.03. The molecule has 1 aliphatic heterocycles. The lowest BCUT2D eigenvalue weighted by Gasteiger charge is -2.28. The van der Waals surface area contributed by atoms with Gasteiger partial charge in [-0.1, -0.05) is 30.3 Å². The number of benzene rings is 1. The molecular formula is C12H18N2S. The Balaban J connectivity index is 2.03. The zero-order valence-corrected chi connectivity index (χ0v) is 9.74. The molecule has 1 aromatic carbocycles. The van der Waals surface area contributed by atoms with Crippen molar-refractivity contribution in [1.82, 2.24) is 4.90 Å². The predicted molar refractivity (Wildman–Crippen MR) is 67.0 cm³/mol. The molecule has 1 aliphatic rings. The van der Waals surface area contributed by atoms with Crippen LogP contribution >= 0.6 is 12.6 Å². The first-order chi connectivity index (χ1) is 7.29. The molecule has 2 unspecified atom stereocenters. The molecule has 0 aliphatic carbocycles. The van der Waals surface area contributed by atoms with Gasteiger partial charge in [0.15, 0.2) is 0 Å². The average Bonchev–Trinajstić information content (AvgIpc) is 2.82. The molecule has 1 saturated heterocycles. The van der Waals surface area contributed by atoms with Crippen LogP contribution in [0.2, 0.25) is 0 Å². The predicted octanol–water partition coefficient (Wildman–Crippen LogP) is 2.04. The zero-order chi connectivity index (χ0) is 10.7. The van der Waals surface area contributed by atoms with E-state index in [0.717, 1.165) is 13.1 Å². The molecule has 0 aromatic heterocycles. The minimum atomic E-state index is 0.00707. The molecule has 0 amide bonds. The Morgan fingerprint density at radius 2 is 1.73 bits per heavy atom. The van der Waals surface area contributed by atoms with Gasteiger partial charge in [0.1, 0.15) is 0 Å². The molecule has 0 spiro atoms. The van der Waals surface area contributed by atoms with Gasteiger partial charge < -0.3 is 5.73 Å². The Morgan fingerprint density at radius 3 is 2.33 bits per heavy atom. The van der Waals surface area contributed by atoms with Crippen molar-refractivity contribution in [2.24, 2.45) is 5.73 Å². The highest BCUT2D eigenvalue weighted by Gasteiger charge is 2.24. The first kappa shape index (κ1) is 11.0. The van der Waals surface area contributed by atoms with Crippen molar-refractivity contribution in [3.8, 4) is 0 Å². The van der Waals surface area contributed by atoms with E-state index in [1.165, 1.54) is 18.4 Å². The van der Waals surface area contributed by atoms with Gasteiger partial charge in [0.05, 0.1) is 11.4 Å². The third-order valence-corrected chi connectivity index (χ3v) is 3.67. The Labute approximate surface area is 96.9 Å². The number of thiol groups is 1. The highest BCUT2D eigenvalue weighted by molar-refractivity contribution is 7.80. The van der Waals surface area contributed by atoms with Gasteiger partial charge in [0, 0.05) is 0 Å². The molecule has 2 atom stereocenters. The lowest BCUT2D eigenvalue weighted by molar-refractivity contribution is 0.288. The monoisotopic (exact) mass is 222 g/mol. The number of hydrogen-bond acceptors (Lipinski definition) is 3. The van der Waals surface area contributed by atoms with Crippen LogP contribution in [-0.2, 0) is 0 Å². The number of likely N-dealkylation sites (tertiary alicyclic amines) is 1. The standard InChI is InChI=1S/C12H18N2S/c13-11(10-6-2-1-3-7-10)12(15)14-8-4-5-9-14/h1-3,6-7,11-12,15H,4-5,8-9,13H2. The van der Waals surface area contributed by atoms with E-state index in [0.29, 0.717) is 0 Å². The lowest BCUT2D eigenvalue weighted by atomic mass is 10.1. The number of hydrogen-bond donors (Lipinski definition) is 2. The maximum absolute atomic E-state index is 6.20. The van der Waals surface area contributed by atoms with E-state index >= 15 is 0 Å². The van der Waals surface area contributed by atoms with Crippen molar-refractivity contribution in [3.05, 3.63) is 35.9 Å². The quantitative estimate of drug-likeness (QED) is 0.766. The maximum atomic E-state index is 6.20. The van der Waals surface area contributed by atoms with Crippen LogP contribution in [0.15, 0.2) is 30.3 Å². The summed E-state index contributed by atoms with van der Waals surface area (Å²) in [6.45, 7) is 2.27. The summed E-state index contributed by atoms with van der Waals surface area (Å²) in [5.41, 5.74) is 7.37. The summed E-state index contributed by atoms with van der Waals surface area (Å²) in [5.74, 6) is 0. The highest BCUT2D eigenvalue weighted by Crippen LogP contribution is 2.24. The first-order valence-electron chi connectivity index (χ1n) is 5.51. The van der Waals surface area contributed by atoms with E-state index in [-0.39, 0.29) is 11.4 Å². The molecule has 1 aromatic rings. The van der Waals surface area contributed by atoms with E-state index in [4.69, 9.17) is 5.73 Å². The summed E-state index contributed by atoms with van der Waals surface area (Å²) in [7, 11) is 0. The highest BCUT2D eigenvalue weighted by atomic mass is 32.1. The summed E-state index contributed by atoms with van der Waals surface area (Å²) >= 11 is 4.63. The van der Waals surface area contributed by atoms with Gasteiger partial charge in [0.25, 0.3) is 0 Å². The van der Waals surface area contributed by atoms with Crippen LogP contribution in [0.4, 0.5) is 0 Å². The Kier molecular flexibility index (Phi) is 3.67. The van der Waals surface area contributed by atoms with Crippen molar-refractivity contribution >= 4 is 12.6 Å². The fraction of sp³-hybridized carbons (Fsp3) is 0.500. The van der Waals surface area contributed by atoms with E-state index in [9.17, 15) is 0 Å². The van der Waals surface area contributed by atoms with Gasteiger partial charge >= 0.3 is 0 Å². The minimum absolute atomic E-state index is 0.00707. The zero-order valence-electron chi connectivity index (χ0n) is 8.84. The maximum Gasteiger partial charge on any atom is 0.0723 e. The van der Waals surface area contributed by atoms with E-state index < -0.39 is 0 Å². The minimum Gasteiger partial charge on any atom is -0.322 e. The molecular weight excluding hydrogens is 204 g/mol. The molecule has 82 valence electrons. The fourth-order valence-corrected chi connectivity index (χ4v) is 2.48. The molecule has 2 N–H and O–H groups in total. The molecule has 0 radical (unpaired) electrons. The van der Waals surface area contributed by atoms with Gasteiger partial charge in [-0.2, -0.15) is 12.6 Å². The van der Waals surface area contributed by atoms with Crippen molar-refractivity contribution < 1.29 is 0 Å². The molecule has 15 heavy (non-hydrogen) atoms. The summed E-state index contributed by atoms with van der Waals surface area (Å²) in [6.07, 6.45) is 2.55. The largest absolute Gasteiger partial charge is 0.322 e. The third kappa shape index (κ3) is 2.54. The smallest absolute Gasteiger partial charge is 0.0723 e. The van der Waals surface area contributed by atoms with E-state index in [2.05, 4.69) is 29.7 Å².